The molecule has 2 heterocycles. The predicted molar refractivity (Wildman–Crippen MR) is 109 cm³/mol. The molecule has 8 heteroatoms. The summed E-state index contributed by atoms with van der Waals surface area (Å²) in [7, 11) is 1.59. The molecule has 4 rings (SSSR count). The topological polar surface area (TPSA) is 84.0 Å². The van der Waals surface area contributed by atoms with Crippen LogP contribution in [0.4, 0.5) is 5.69 Å². The van der Waals surface area contributed by atoms with Crippen molar-refractivity contribution in [2.75, 3.05) is 18.1 Å². The minimum absolute atomic E-state index is 0.105. The summed E-state index contributed by atoms with van der Waals surface area (Å²) in [5.74, 6) is 0.0133. The normalized spacial score (nSPS) is 12.8. The van der Waals surface area contributed by atoms with Gasteiger partial charge in [-0.25, -0.2) is 9.97 Å². The van der Waals surface area contributed by atoms with Crippen LogP contribution < -0.4 is 10.6 Å². The number of anilines is 1. The van der Waals surface area contributed by atoms with Crippen molar-refractivity contribution in [3.63, 3.8) is 0 Å². The third-order valence-electron chi connectivity index (χ3n) is 4.46. The molecule has 1 aromatic carbocycles. The van der Waals surface area contributed by atoms with Crippen molar-refractivity contribution in [2.45, 2.75) is 24.3 Å². The number of rotatable bonds is 5. The second-order valence-electron chi connectivity index (χ2n) is 6.21. The van der Waals surface area contributed by atoms with Crippen LogP contribution in [0.3, 0.4) is 0 Å². The maximum atomic E-state index is 12.3. The molecule has 0 atom stereocenters. The Morgan fingerprint density at radius 3 is 2.78 bits per heavy atom. The van der Waals surface area contributed by atoms with Gasteiger partial charge in [-0.3, -0.25) is 9.59 Å². The van der Waals surface area contributed by atoms with Crippen LogP contribution in [0.5, 0.6) is 0 Å². The van der Waals surface area contributed by atoms with E-state index in [-0.39, 0.29) is 17.6 Å². The van der Waals surface area contributed by atoms with Gasteiger partial charge in [0.25, 0.3) is 5.91 Å². The summed E-state index contributed by atoms with van der Waals surface area (Å²) in [4.78, 5) is 35.1. The van der Waals surface area contributed by atoms with Crippen LogP contribution in [0, 0.1) is 0 Å². The first-order valence-corrected chi connectivity index (χ1v) is 10.5. The summed E-state index contributed by atoms with van der Waals surface area (Å²) in [5, 5.41) is 7.43. The number of hydrogen-bond acceptors (Lipinski definition) is 6. The van der Waals surface area contributed by atoms with Gasteiger partial charge in [0.2, 0.25) is 5.91 Å². The average molecular weight is 399 g/mol. The van der Waals surface area contributed by atoms with Gasteiger partial charge in [-0.1, -0.05) is 11.8 Å². The molecule has 2 N–H and O–H groups in total. The first-order valence-electron chi connectivity index (χ1n) is 8.65. The molecule has 27 heavy (non-hydrogen) atoms. The molecule has 2 aromatic heterocycles. The first-order chi connectivity index (χ1) is 13.2. The van der Waals surface area contributed by atoms with Crippen LogP contribution in [-0.2, 0) is 17.6 Å². The molecule has 138 valence electrons. The molecule has 3 aromatic rings. The molecule has 0 radical (unpaired) electrons. The van der Waals surface area contributed by atoms with Gasteiger partial charge in [-0.15, -0.1) is 11.3 Å². The van der Waals surface area contributed by atoms with E-state index in [0.717, 1.165) is 28.1 Å². The second-order valence-corrected chi connectivity index (χ2v) is 8.26. The molecule has 0 bridgehead atoms. The van der Waals surface area contributed by atoms with E-state index in [1.54, 1.807) is 49.0 Å². The fraction of sp³-hybridized carbons (Fsp3) is 0.263. The Kier molecular flexibility index (Phi) is 5.09. The number of aromatic nitrogens is 2. The molecule has 2 amide bonds. The zero-order valence-corrected chi connectivity index (χ0v) is 16.4. The molecular weight excluding hydrogens is 380 g/mol. The summed E-state index contributed by atoms with van der Waals surface area (Å²) in [6.45, 7) is 0. The highest BCUT2D eigenvalue weighted by Crippen LogP contribution is 2.39. The fourth-order valence-electron chi connectivity index (χ4n) is 3.19. The van der Waals surface area contributed by atoms with Crippen molar-refractivity contribution in [1.29, 1.82) is 0 Å². The molecule has 0 fully saturated rings. The largest absolute Gasteiger partial charge is 0.355 e. The lowest BCUT2D eigenvalue weighted by atomic mass is 10.2. The Bertz CT molecular complexity index is 1010. The molecule has 0 saturated heterocycles. The summed E-state index contributed by atoms with van der Waals surface area (Å²) in [6.07, 6.45) is 4.95. The standard InChI is InChI=1S/C19H18N4O2S2/c1-20-17(25)11-5-7-12(8-6-11)23-15(24)9-26-18-16-13-3-2-4-14(13)27-19(16)22-10-21-18/h5-8,10H,2-4,9H2,1H3,(H,20,25)(H,23,24). The summed E-state index contributed by atoms with van der Waals surface area (Å²) >= 11 is 3.18. The summed E-state index contributed by atoms with van der Waals surface area (Å²) in [6, 6.07) is 6.82. The zero-order valence-electron chi connectivity index (χ0n) is 14.7. The van der Waals surface area contributed by atoms with Gasteiger partial charge in [0.15, 0.2) is 0 Å². The van der Waals surface area contributed by atoms with Gasteiger partial charge in [0.05, 0.1) is 5.75 Å². The number of fused-ring (bicyclic) bond motifs is 3. The number of aryl methyl sites for hydroxylation is 2. The first kappa shape index (κ1) is 17.9. The highest BCUT2D eigenvalue weighted by molar-refractivity contribution is 8.00. The van der Waals surface area contributed by atoms with Crippen molar-refractivity contribution in [1.82, 2.24) is 15.3 Å². The summed E-state index contributed by atoms with van der Waals surface area (Å²) < 4.78 is 0. The number of hydrogen-bond donors (Lipinski definition) is 2. The number of carbonyl (C=O) groups is 2. The number of thioether (sulfide) groups is 1. The number of nitrogens with one attached hydrogen (secondary N) is 2. The van der Waals surface area contributed by atoms with Gasteiger partial charge in [-0.2, -0.15) is 0 Å². The lowest BCUT2D eigenvalue weighted by molar-refractivity contribution is -0.113. The van der Waals surface area contributed by atoms with Crippen LogP contribution in [0.15, 0.2) is 35.6 Å². The average Bonchev–Trinajstić information content (AvgIpc) is 3.27. The Labute approximate surface area is 164 Å². The number of benzene rings is 1. The third kappa shape index (κ3) is 3.68. The minimum atomic E-state index is -0.153. The Morgan fingerprint density at radius 2 is 2.00 bits per heavy atom. The number of carbonyl (C=O) groups excluding carboxylic acids is 2. The third-order valence-corrected chi connectivity index (χ3v) is 6.65. The molecule has 6 nitrogen and oxygen atoms in total. The van der Waals surface area contributed by atoms with Gasteiger partial charge in [0.1, 0.15) is 16.2 Å². The van der Waals surface area contributed by atoms with Crippen molar-refractivity contribution >= 4 is 50.8 Å². The van der Waals surface area contributed by atoms with Crippen LogP contribution in [0.25, 0.3) is 10.2 Å². The van der Waals surface area contributed by atoms with Crippen molar-refractivity contribution < 1.29 is 9.59 Å². The van der Waals surface area contributed by atoms with Crippen LogP contribution >= 0.6 is 23.1 Å². The lowest BCUT2D eigenvalue weighted by Gasteiger charge is -2.07. The Balaban J connectivity index is 1.43. The maximum absolute atomic E-state index is 12.3. The van der Waals surface area contributed by atoms with E-state index in [9.17, 15) is 9.59 Å². The smallest absolute Gasteiger partial charge is 0.251 e. The number of thiophene rings is 1. The number of amides is 2. The number of nitrogens with zero attached hydrogens (tertiary/aromatic N) is 2. The molecule has 0 saturated carbocycles. The van der Waals surface area contributed by atoms with Gasteiger partial charge in [-0.05, 0) is 49.1 Å². The van der Waals surface area contributed by atoms with E-state index < -0.39 is 0 Å². The molecule has 0 spiro atoms. The van der Waals surface area contributed by atoms with Crippen LogP contribution in [0.1, 0.15) is 27.2 Å². The minimum Gasteiger partial charge on any atom is -0.355 e. The SMILES string of the molecule is CNC(=O)c1ccc(NC(=O)CSc2ncnc3sc4c(c23)CCC4)cc1. The molecular formula is C19H18N4O2S2. The van der Waals surface area contributed by atoms with E-state index >= 15 is 0 Å². The quantitative estimate of drug-likeness (QED) is 0.509. The monoisotopic (exact) mass is 398 g/mol. The molecule has 1 aliphatic rings. The van der Waals surface area contributed by atoms with Crippen molar-refractivity contribution in [2.24, 2.45) is 0 Å². The van der Waals surface area contributed by atoms with Crippen LogP contribution in [-0.4, -0.2) is 34.6 Å². The lowest BCUT2D eigenvalue weighted by Crippen LogP contribution is -2.18. The van der Waals surface area contributed by atoms with E-state index in [1.165, 1.54) is 28.6 Å². The predicted octanol–water partition coefficient (Wildman–Crippen LogP) is 3.27. The van der Waals surface area contributed by atoms with Gasteiger partial charge < -0.3 is 10.6 Å². The van der Waals surface area contributed by atoms with Crippen molar-refractivity contribution in [3.05, 3.63) is 46.6 Å². The van der Waals surface area contributed by atoms with Gasteiger partial charge >= 0.3 is 0 Å². The van der Waals surface area contributed by atoms with E-state index in [1.807, 2.05) is 0 Å². The van der Waals surface area contributed by atoms with Crippen molar-refractivity contribution in [3.8, 4) is 0 Å². The Morgan fingerprint density at radius 1 is 1.19 bits per heavy atom. The zero-order chi connectivity index (χ0) is 18.8. The highest BCUT2D eigenvalue weighted by Gasteiger charge is 2.21. The second kappa shape index (κ2) is 7.66. The van der Waals surface area contributed by atoms with Crippen LogP contribution in [0.2, 0.25) is 0 Å². The van der Waals surface area contributed by atoms with Gasteiger partial charge in [0, 0.05) is 28.6 Å². The maximum Gasteiger partial charge on any atom is 0.251 e. The fourth-order valence-corrected chi connectivity index (χ4v) is 5.31. The van der Waals surface area contributed by atoms with E-state index in [0.29, 0.717) is 11.3 Å². The summed E-state index contributed by atoms with van der Waals surface area (Å²) in [5.41, 5.74) is 2.58. The Hall–Kier alpha value is -2.45. The molecule has 0 aliphatic heterocycles. The highest BCUT2D eigenvalue weighted by atomic mass is 32.2. The van der Waals surface area contributed by atoms with E-state index in [2.05, 4.69) is 20.6 Å². The molecule has 0 unspecified atom stereocenters. The molecule has 1 aliphatic carbocycles. The van der Waals surface area contributed by atoms with E-state index in [4.69, 9.17) is 0 Å².